The van der Waals surface area contributed by atoms with Crippen LogP contribution in [0.2, 0.25) is 0 Å². The van der Waals surface area contributed by atoms with Crippen molar-refractivity contribution in [3.8, 4) is 0 Å². The zero-order valence-corrected chi connectivity index (χ0v) is 7.16. The molecule has 4 heteroatoms. The Morgan fingerprint density at radius 1 is 1.55 bits per heavy atom. The van der Waals surface area contributed by atoms with Gasteiger partial charge in [0.05, 0.1) is 13.2 Å². The Morgan fingerprint density at radius 3 is 2.36 bits per heavy atom. The molecule has 0 aliphatic heterocycles. The lowest BCUT2D eigenvalue weighted by atomic mass is 10.1. The molecular weight excluding hydrogens is 146 g/mol. The van der Waals surface area contributed by atoms with Crippen molar-refractivity contribution in [3.63, 3.8) is 0 Å². The Balaban J connectivity index is 3.97. The first-order valence-corrected chi connectivity index (χ1v) is 3.53. The van der Waals surface area contributed by atoms with Crippen LogP contribution in [-0.4, -0.2) is 32.3 Å². The lowest BCUT2D eigenvalue weighted by Gasteiger charge is -2.18. The molecule has 0 aromatic carbocycles. The average Bonchev–Trinajstić information content (AvgIpc) is 2.05. The summed E-state index contributed by atoms with van der Waals surface area (Å²) in [6.07, 6.45) is 0.453. The highest BCUT2D eigenvalue weighted by molar-refractivity contribution is 5.76. The molecule has 0 amide bonds. The third-order valence-electron chi connectivity index (χ3n) is 1.58. The Hall–Kier alpha value is -0.610. The van der Waals surface area contributed by atoms with Gasteiger partial charge in [-0.05, 0) is 6.42 Å². The van der Waals surface area contributed by atoms with E-state index in [1.165, 1.54) is 14.2 Å². The van der Waals surface area contributed by atoms with Crippen molar-refractivity contribution in [3.05, 3.63) is 0 Å². The van der Waals surface area contributed by atoms with Gasteiger partial charge in [0.2, 0.25) is 0 Å². The fourth-order valence-electron chi connectivity index (χ4n) is 0.855. The topological polar surface area (TPSA) is 61.5 Å². The lowest BCUT2D eigenvalue weighted by Crippen LogP contribution is -2.43. The summed E-state index contributed by atoms with van der Waals surface area (Å²) in [5, 5.41) is 0. The Bertz CT molecular complexity index is 123. The molecule has 0 bridgehead atoms. The second-order valence-corrected chi connectivity index (χ2v) is 2.23. The number of carbonyl (C=O) groups is 1. The SMILES string of the molecule is CCC(OC)C(N)C(=O)OC. The van der Waals surface area contributed by atoms with E-state index in [-0.39, 0.29) is 6.10 Å². The number of hydrogen-bond acceptors (Lipinski definition) is 4. The lowest BCUT2D eigenvalue weighted by molar-refractivity contribution is -0.145. The fraction of sp³-hybridized carbons (Fsp3) is 0.857. The summed E-state index contributed by atoms with van der Waals surface area (Å²) in [6.45, 7) is 1.90. The first kappa shape index (κ1) is 10.4. The van der Waals surface area contributed by atoms with Crippen LogP contribution in [0.15, 0.2) is 0 Å². The van der Waals surface area contributed by atoms with Gasteiger partial charge in [-0.25, -0.2) is 0 Å². The molecule has 0 rings (SSSR count). The van der Waals surface area contributed by atoms with Crippen LogP contribution in [0, 0.1) is 0 Å². The van der Waals surface area contributed by atoms with E-state index < -0.39 is 12.0 Å². The summed E-state index contributed by atoms with van der Waals surface area (Å²) in [7, 11) is 2.83. The molecular formula is C7H15NO3. The van der Waals surface area contributed by atoms with Crippen molar-refractivity contribution in [2.75, 3.05) is 14.2 Å². The van der Waals surface area contributed by atoms with E-state index in [2.05, 4.69) is 4.74 Å². The minimum atomic E-state index is -0.671. The standard InChI is InChI=1S/C7H15NO3/c1-4-5(10-2)6(8)7(9)11-3/h5-6H,4,8H2,1-3H3. The maximum absolute atomic E-state index is 10.8. The molecule has 2 N–H and O–H groups in total. The fourth-order valence-corrected chi connectivity index (χ4v) is 0.855. The first-order valence-electron chi connectivity index (χ1n) is 3.53. The molecule has 2 atom stereocenters. The van der Waals surface area contributed by atoms with Crippen molar-refractivity contribution in [1.29, 1.82) is 0 Å². The van der Waals surface area contributed by atoms with Gasteiger partial charge in [-0.15, -0.1) is 0 Å². The van der Waals surface area contributed by atoms with Gasteiger partial charge < -0.3 is 15.2 Å². The van der Waals surface area contributed by atoms with Crippen molar-refractivity contribution in [2.24, 2.45) is 5.73 Å². The summed E-state index contributed by atoms with van der Waals surface area (Å²) in [6, 6.07) is -0.671. The molecule has 0 aromatic rings. The van der Waals surface area contributed by atoms with E-state index in [1.54, 1.807) is 0 Å². The summed E-state index contributed by atoms with van der Waals surface area (Å²) < 4.78 is 9.41. The Labute approximate surface area is 66.7 Å². The average molecular weight is 161 g/mol. The number of nitrogens with two attached hydrogens (primary N) is 1. The van der Waals surface area contributed by atoms with Gasteiger partial charge in [-0.1, -0.05) is 6.92 Å². The third kappa shape index (κ3) is 2.86. The van der Waals surface area contributed by atoms with Crippen LogP contribution >= 0.6 is 0 Å². The van der Waals surface area contributed by atoms with E-state index in [0.717, 1.165) is 0 Å². The molecule has 11 heavy (non-hydrogen) atoms. The molecule has 0 fully saturated rings. The number of methoxy groups -OCH3 is 2. The highest BCUT2D eigenvalue weighted by atomic mass is 16.5. The predicted molar refractivity (Wildman–Crippen MR) is 41.1 cm³/mol. The maximum atomic E-state index is 10.8. The van der Waals surface area contributed by atoms with E-state index in [1.807, 2.05) is 6.92 Å². The number of ether oxygens (including phenoxy) is 2. The second-order valence-electron chi connectivity index (χ2n) is 2.23. The molecule has 0 aliphatic rings. The highest BCUT2D eigenvalue weighted by Crippen LogP contribution is 2.01. The van der Waals surface area contributed by atoms with E-state index in [4.69, 9.17) is 10.5 Å². The molecule has 0 saturated heterocycles. The second kappa shape index (κ2) is 5.09. The number of rotatable bonds is 4. The largest absolute Gasteiger partial charge is 0.468 e. The van der Waals surface area contributed by atoms with Crippen LogP contribution < -0.4 is 5.73 Å². The zero-order valence-electron chi connectivity index (χ0n) is 7.16. The molecule has 4 nitrogen and oxygen atoms in total. The smallest absolute Gasteiger partial charge is 0.325 e. The van der Waals surface area contributed by atoms with Crippen LogP contribution in [-0.2, 0) is 14.3 Å². The van der Waals surface area contributed by atoms with Gasteiger partial charge in [-0.3, -0.25) is 4.79 Å². The monoisotopic (exact) mass is 161 g/mol. The molecule has 66 valence electrons. The molecule has 2 unspecified atom stereocenters. The number of hydrogen-bond donors (Lipinski definition) is 1. The van der Waals surface area contributed by atoms with Crippen molar-refractivity contribution >= 4 is 5.97 Å². The molecule has 0 heterocycles. The zero-order chi connectivity index (χ0) is 8.85. The molecule has 0 aliphatic carbocycles. The normalized spacial score (nSPS) is 15.6. The van der Waals surface area contributed by atoms with Crippen molar-refractivity contribution < 1.29 is 14.3 Å². The number of carbonyl (C=O) groups excluding carboxylic acids is 1. The van der Waals surface area contributed by atoms with Crippen LogP contribution in [0.3, 0.4) is 0 Å². The third-order valence-corrected chi connectivity index (χ3v) is 1.58. The van der Waals surface area contributed by atoms with E-state index in [9.17, 15) is 4.79 Å². The van der Waals surface area contributed by atoms with Gasteiger partial charge in [0, 0.05) is 7.11 Å². The van der Waals surface area contributed by atoms with Crippen LogP contribution in [0.5, 0.6) is 0 Å². The molecule has 0 spiro atoms. The van der Waals surface area contributed by atoms with Gasteiger partial charge in [0.1, 0.15) is 6.04 Å². The summed E-state index contributed by atoms with van der Waals surface area (Å²) in [5.41, 5.74) is 5.49. The minimum Gasteiger partial charge on any atom is -0.468 e. The first-order chi connectivity index (χ1) is 5.17. The van der Waals surface area contributed by atoms with Crippen molar-refractivity contribution in [1.82, 2.24) is 0 Å². The maximum Gasteiger partial charge on any atom is 0.325 e. The predicted octanol–water partition coefficient (Wildman–Crippen LogP) is -0.0883. The molecule has 0 saturated carbocycles. The minimum absolute atomic E-state index is 0.248. The summed E-state index contributed by atoms with van der Waals surface area (Å²) >= 11 is 0. The molecule has 0 radical (unpaired) electrons. The van der Waals surface area contributed by atoms with Gasteiger partial charge >= 0.3 is 5.97 Å². The van der Waals surface area contributed by atoms with Crippen LogP contribution in [0.25, 0.3) is 0 Å². The molecule has 0 aromatic heterocycles. The van der Waals surface area contributed by atoms with E-state index in [0.29, 0.717) is 6.42 Å². The van der Waals surface area contributed by atoms with E-state index >= 15 is 0 Å². The van der Waals surface area contributed by atoms with Crippen LogP contribution in [0.4, 0.5) is 0 Å². The Kier molecular flexibility index (Phi) is 4.81. The summed E-state index contributed by atoms with van der Waals surface area (Å²) in [4.78, 5) is 10.8. The van der Waals surface area contributed by atoms with Crippen LogP contribution in [0.1, 0.15) is 13.3 Å². The van der Waals surface area contributed by atoms with Crippen molar-refractivity contribution in [2.45, 2.75) is 25.5 Å². The highest BCUT2D eigenvalue weighted by Gasteiger charge is 2.23. The van der Waals surface area contributed by atoms with Gasteiger partial charge in [-0.2, -0.15) is 0 Å². The van der Waals surface area contributed by atoms with Gasteiger partial charge in [0.15, 0.2) is 0 Å². The Morgan fingerprint density at radius 2 is 2.09 bits per heavy atom. The van der Waals surface area contributed by atoms with Gasteiger partial charge in [0.25, 0.3) is 0 Å². The summed E-state index contributed by atoms with van der Waals surface area (Å²) in [5.74, 6) is -0.432. The quantitative estimate of drug-likeness (QED) is 0.585. The number of esters is 1.